The number of hydrogen-bond acceptors (Lipinski definition) is 6. The number of carbonyl (C=O) groups excluding carboxylic acids is 2. The molecule has 0 aliphatic carbocycles. The first-order chi connectivity index (χ1) is 10.6. The molecule has 0 saturated carbocycles. The summed E-state index contributed by atoms with van der Waals surface area (Å²) in [5.74, 6) is -1.27. The van der Waals surface area contributed by atoms with E-state index in [9.17, 15) is 9.59 Å². The molecule has 0 radical (unpaired) electrons. The number of carbonyl (C=O) groups is 2. The lowest BCUT2D eigenvalue weighted by molar-refractivity contribution is -0.273. The van der Waals surface area contributed by atoms with Gasteiger partial charge in [-0.1, -0.05) is 34.6 Å². The second kappa shape index (κ2) is 6.64. The minimum atomic E-state index is -1.03. The highest BCUT2D eigenvalue weighted by molar-refractivity contribution is 5.79. The SMILES string of the molecule is CC(C)(C)CC(C)(C)CC(C)(C)C(=O)OOC(=O)C(C)(C)C1OO1. The molecule has 1 aliphatic rings. The fourth-order valence-electron chi connectivity index (χ4n) is 3.43. The van der Waals surface area contributed by atoms with Gasteiger partial charge in [-0.2, -0.15) is 9.78 Å². The highest BCUT2D eigenvalue weighted by Crippen LogP contribution is 2.42. The van der Waals surface area contributed by atoms with Gasteiger partial charge in [-0.25, -0.2) is 19.4 Å². The topological polar surface area (TPSA) is 77.7 Å². The van der Waals surface area contributed by atoms with E-state index in [2.05, 4.69) is 44.4 Å². The van der Waals surface area contributed by atoms with Gasteiger partial charge in [-0.3, -0.25) is 0 Å². The lowest BCUT2D eigenvalue weighted by Gasteiger charge is -2.37. The molecule has 1 saturated heterocycles. The first kappa shape index (κ1) is 20.9. The van der Waals surface area contributed by atoms with Crippen molar-refractivity contribution >= 4 is 11.9 Å². The number of rotatable bonds is 6. The van der Waals surface area contributed by atoms with Crippen LogP contribution in [0.1, 0.15) is 75.2 Å². The van der Waals surface area contributed by atoms with E-state index in [-0.39, 0.29) is 10.8 Å². The summed E-state index contributed by atoms with van der Waals surface area (Å²) in [5, 5.41) is 0. The highest BCUT2D eigenvalue weighted by atomic mass is 17.4. The van der Waals surface area contributed by atoms with Crippen molar-refractivity contribution in [3.8, 4) is 0 Å². The van der Waals surface area contributed by atoms with Crippen molar-refractivity contribution < 1.29 is 29.1 Å². The van der Waals surface area contributed by atoms with Gasteiger partial charge in [0.25, 0.3) is 0 Å². The van der Waals surface area contributed by atoms with Gasteiger partial charge < -0.3 is 0 Å². The maximum Gasteiger partial charge on any atom is 0.366 e. The van der Waals surface area contributed by atoms with Crippen molar-refractivity contribution in [1.82, 2.24) is 0 Å². The molecule has 1 heterocycles. The predicted octanol–water partition coefficient (Wildman–Crippen LogP) is 4.18. The molecule has 0 unspecified atom stereocenters. The van der Waals surface area contributed by atoms with Crippen molar-refractivity contribution in [1.29, 1.82) is 0 Å². The van der Waals surface area contributed by atoms with Crippen LogP contribution in [0.4, 0.5) is 0 Å². The summed E-state index contributed by atoms with van der Waals surface area (Å²) in [4.78, 5) is 43.2. The van der Waals surface area contributed by atoms with E-state index in [0.29, 0.717) is 6.42 Å². The van der Waals surface area contributed by atoms with Crippen LogP contribution in [0.5, 0.6) is 0 Å². The zero-order valence-corrected chi connectivity index (χ0v) is 16.4. The van der Waals surface area contributed by atoms with Gasteiger partial charge in [0.1, 0.15) is 5.41 Å². The zero-order chi connectivity index (χ0) is 19.0. The van der Waals surface area contributed by atoms with Gasteiger partial charge in [0, 0.05) is 0 Å². The standard InChI is InChI=1S/C18H32O6/c1-15(2,3)10-16(4,5)11-17(6,7)12(19)21-22-13(20)18(8,9)14-23-24-14/h14H,10-11H2,1-9H3. The molecule has 0 aromatic carbocycles. The fourth-order valence-corrected chi connectivity index (χ4v) is 3.43. The average Bonchev–Trinajstić information content (AvgIpc) is 3.14. The molecule has 6 heteroatoms. The van der Waals surface area contributed by atoms with Crippen molar-refractivity contribution in [3.63, 3.8) is 0 Å². The van der Waals surface area contributed by atoms with Crippen molar-refractivity contribution in [2.24, 2.45) is 21.7 Å². The van der Waals surface area contributed by atoms with Gasteiger partial charge in [0.2, 0.25) is 6.29 Å². The van der Waals surface area contributed by atoms with Gasteiger partial charge in [-0.05, 0) is 51.4 Å². The van der Waals surface area contributed by atoms with Gasteiger partial charge in [0.15, 0.2) is 0 Å². The van der Waals surface area contributed by atoms with Crippen LogP contribution in [0.25, 0.3) is 0 Å². The molecule has 0 bridgehead atoms. The van der Waals surface area contributed by atoms with Crippen LogP contribution in [0.2, 0.25) is 0 Å². The van der Waals surface area contributed by atoms with Gasteiger partial charge >= 0.3 is 11.9 Å². The summed E-state index contributed by atoms with van der Waals surface area (Å²) < 4.78 is 0. The van der Waals surface area contributed by atoms with Crippen LogP contribution in [-0.4, -0.2) is 18.2 Å². The Bertz CT molecular complexity index is 480. The summed E-state index contributed by atoms with van der Waals surface area (Å²) in [6, 6.07) is 0. The van der Waals surface area contributed by atoms with Gasteiger partial charge in [-0.15, -0.1) is 0 Å². The summed E-state index contributed by atoms with van der Waals surface area (Å²) in [6.07, 6.45) is 0.911. The monoisotopic (exact) mass is 344 g/mol. The molecular formula is C18H32O6. The molecule has 0 aromatic rings. The summed E-state index contributed by atoms with van der Waals surface area (Å²) in [7, 11) is 0. The van der Waals surface area contributed by atoms with E-state index in [1.165, 1.54) is 0 Å². The van der Waals surface area contributed by atoms with Crippen LogP contribution in [0.15, 0.2) is 0 Å². The first-order valence-electron chi connectivity index (χ1n) is 8.32. The van der Waals surface area contributed by atoms with Crippen LogP contribution in [0.3, 0.4) is 0 Å². The first-order valence-corrected chi connectivity index (χ1v) is 8.32. The lowest BCUT2D eigenvalue weighted by Crippen LogP contribution is -2.37. The molecular weight excluding hydrogens is 312 g/mol. The van der Waals surface area contributed by atoms with Gasteiger partial charge in [0.05, 0.1) is 5.41 Å². The predicted molar refractivity (Wildman–Crippen MR) is 88.2 cm³/mol. The van der Waals surface area contributed by atoms with E-state index in [1.54, 1.807) is 27.7 Å². The molecule has 1 fully saturated rings. The molecule has 24 heavy (non-hydrogen) atoms. The largest absolute Gasteiger partial charge is 0.366 e. The summed E-state index contributed by atoms with van der Waals surface area (Å²) in [6.45, 7) is 17.6. The Morgan fingerprint density at radius 3 is 1.67 bits per heavy atom. The maximum atomic E-state index is 12.4. The summed E-state index contributed by atoms with van der Waals surface area (Å²) >= 11 is 0. The van der Waals surface area contributed by atoms with E-state index in [4.69, 9.17) is 9.78 Å². The Labute approximate surface area is 145 Å². The Morgan fingerprint density at radius 1 is 0.792 bits per heavy atom. The van der Waals surface area contributed by atoms with E-state index in [1.807, 2.05) is 0 Å². The maximum absolute atomic E-state index is 12.4. The Balaban J connectivity index is 2.60. The highest BCUT2D eigenvalue weighted by Gasteiger charge is 2.51. The molecule has 0 amide bonds. The molecule has 0 N–H and O–H groups in total. The van der Waals surface area contributed by atoms with Crippen LogP contribution in [0, 0.1) is 21.7 Å². The third-order valence-electron chi connectivity index (χ3n) is 3.98. The molecule has 0 spiro atoms. The number of hydrogen-bond donors (Lipinski definition) is 0. The Hall–Kier alpha value is -1.14. The normalized spacial score (nSPS) is 16.7. The second-order valence-electron chi connectivity index (χ2n) is 9.95. The minimum Gasteiger partial charge on any atom is -0.247 e. The van der Waals surface area contributed by atoms with Crippen molar-refractivity contribution in [3.05, 3.63) is 0 Å². The van der Waals surface area contributed by atoms with Crippen LogP contribution >= 0.6 is 0 Å². The summed E-state index contributed by atoms with van der Waals surface area (Å²) in [5.41, 5.74) is -1.70. The molecule has 0 atom stereocenters. The molecule has 1 rings (SSSR count). The average molecular weight is 344 g/mol. The molecule has 0 aromatic heterocycles. The third-order valence-corrected chi connectivity index (χ3v) is 3.98. The van der Waals surface area contributed by atoms with Crippen LogP contribution in [-0.2, 0) is 29.1 Å². The van der Waals surface area contributed by atoms with Crippen LogP contribution < -0.4 is 0 Å². The fraction of sp³-hybridized carbons (Fsp3) is 0.889. The molecule has 6 nitrogen and oxygen atoms in total. The van der Waals surface area contributed by atoms with Crippen molar-refractivity contribution in [2.75, 3.05) is 0 Å². The molecule has 140 valence electrons. The second-order valence-corrected chi connectivity index (χ2v) is 9.95. The quantitative estimate of drug-likeness (QED) is 0.408. The third kappa shape index (κ3) is 6.06. The smallest absolute Gasteiger partial charge is 0.247 e. The van der Waals surface area contributed by atoms with E-state index < -0.39 is 29.1 Å². The van der Waals surface area contributed by atoms with Crippen molar-refractivity contribution in [2.45, 2.75) is 81.4 Å². The van der Waals surface area contributed by atoms with E-state index >= 15 is 0 Å². The Kier molecular flexibility index (Phi) is 5.78. The van der Waals surface area contributed by atoms with E-state index in [0.717, 1.165) is 6.42 Å². The minimum absolute atomic E-state index is 0.0558. The Morgan fingerprint density at radius 2 is 1.25 bits per heavy atom. The lowest BCUT2D eigenvalue weighted by atomic mass is 9.68. The molecule has 1 aliphatic heterocycles. The zero-order valence-electron chi connectivity index (χ0n) is 16.4.